The van der Waals surface area contributed by atoms with E-state index in [9.17, 15) is 4.79 Å². The molecule has 0 aromatic heterocycles. The number of hydrogen-bond donors (Lipinski definition) is 0. The van der Waals surface area contributed by atoms with E-state index in [1.165, 1.54) is 18.4 Å². The van der Waals surface area contributed by atoms with Gasteiger partial charge in [-0.05, 0) is 24.3 Å². The first-order valence-electron chi connectivity index (χ1n) is 8.36. The highest BCUT2D eigenvalue weighted by Crippen LogP contribution is 2.27. The van der Waals surface area contributed by atoms with E-state index in [2.05, 4.69) is 29.2 Å². The second-order valence-corrected chi connectivity index (χ2v) is 6.45. The topological polar surface area (TPSA) is 32.8 Å². The van der Waals surface area contributed by atoms with E-state index in [-0.39, 0.29) is 11.9 Å². The second kappa shape index (κ2) is 7.25. The molecule has 4 heteroatoms. The third kappa shape index (κ3) is 3.68. The van der Waals surface area contributed by atoms with E-state index in [4.69, 9.17) is 4.74 Å². The monoisotopic (exact) mass is 302 g/mol. The Morgan fingerprint density at radius 3 is 2.59 bits per heavy atom. The largest absolute Gasteiger partial charge is 0.381 e. The lowest BCUT2D eigenvalue weighted by Crippen LogP contribution is -2.51. The molecular formula is C18H26N2O2. The molecule has 4 nitrogen and oxygen atoms in total. The Morgan fingerprint density at radius 1 is 1.18 bits per heavy atom. The number of carbonyl (C=O) groups excluding carboxylic acids is 1. The summed E-state index contributed by atoms with van der Waals surface area (Å²) in [5.74, 6) is 0.925. The third-order valence-electron chi connectivity index (χ3n) is 4.91. The first-order chi connectivity index (χ1) is 10.7. The zero-order valence-corrected chi connectivity index (χ0v) is 13.4. The predicted octanol–water partition coefficient (Wildman–Crippen LogP) is 2.32. The highest BCUT2D eigenvalue weighted by atomic mass is 16.5. The van der Waals surface area contributed by atoms with Gasteiger partial charge in [0.25, 0.3) is 0 Å². The number of nitrogens with zero attached hydrogens (tertiary/aromatic N) is 2. The quantitative estimate of drug-likeness (QED) is 0.859. The van der Waals surface area contributed by atoms with Gasteiger partial charge in [-0.15, -0.1) is 0 Å². The molecule has 0 aliphatic carbocycles. The summed E-state index contributed by atoms with van der Waals surface area (Å²) < 4.78 is 5.46. The van der Waals surface area contributed by atoms with Gasteiger partial charge in [0.1, 0.15) is 0 Å². The maximum Gasteiger partial charge on any atom is 0.220 e. The standard InChI is InChI=1S/C18H26N2O2/c1-15(21)20-10-9-19(13-16-7-11-22-12-8-16)14-18(20)17-5-3-2-4-6-17/h2-6,16,18H,7-14H2,1H3/t18-/m1/s1. The van der Waals surface area contributed by atoms with Gasteiger partial charge in [-0.1, -0.05) is 30.3 Å². The van der Waals surface area contributed by atoms with Crippen LogP contribution in [-0.2, 0) is 9.53 Å². The van der Waals surface area contributed by atoms with Gasteiger partial charge in [-0.25, -0.2) is 0 Å². The molecule has 22 heavy (non-hydrogen) atoms. The maximum absolute atomic E-state index is 12.0. The van der Waals surface area contributed by atoms with Crippen LogP contribution in [0, 0.1) is 5.92 Å². The van der Waals surface area contributed by atoms with Crippen molar-refractivity contribution in [3.63, 3.8) is 0 Å². The van der Waals surface area contributed by atoms with Crippen molar-refractivity contribution in [2.45, 2.75) is 25.8 Å². The smallest absolute Gasteiger partial charge is 0.220 e. The van der Waals surface area contributed by atoms with Crippen LogP contribution < -0.4 is 0 Å². The van der Waals surface area contributed by atoms with Crippen molar-refractivity contribution in [3.05, 3.63) is 35.9 Å². The molecule has 2 heterocycles. The van der Waals surface area contributed by atoms with Crippen LogP contribution >= 0.6 is 0 Å². The molecule has 1 aromatic carbocycles. The summed E-state index contributed by atoms with van der Waals surface area (Å²) in [4.78, 5) is 16.5. The van der Waals surface area contributed by atoms with Gasteiger partial charge >= 0.3 is 0 Å². The minimum absolute atomic E-state index is 0.180. The van der Waals surface area contributed by atoms with Gasteiger partial charge in [-0.3, -0.25) is 9.69 Å². The summed E-state index contributed by atoms with van der Waals surface area (Å²) in [5.41, 5.74) is 1.24. The van der Waals surface area contributed by atoms with Crippen LogP contribution in [0.5, 0.6) is 0 Å². The molecule has 2 saturated heterocycles. The first-order valence-corrected chi connectivity index (χ1v) is 8.36. The summed E-state index contributed by atoms with van der Waals surface area (Å²) in [6.07, 6.45) is 2.34. The third-order valence-corrected chi connectivity index (χ3v) is 4.91. The highest BCUT2D eigenvalue weighted by molar-refractivity contribution is 5.74. The van der Waals surface area contributed by atoms with Crippen molar-refractivity contribution in [1.29, 1.82) is 0 Å². The zero-order chi connectivity index (χ0) is 15.4. The van der Waals surface area contributed by atoms with E-state index in [1.807, 2.05) is 11.0 Å². The van der Waals surface area contributed by atoms with Crippen molar-refractivity contribution in [1.82, 2.24) is 9.80 Å². The van der Waals surface area contributed by atoms with Gasteiger partial charge in [0.15, 0.2) is 0 Å². The predicted molar refractivity (Wildman–Crippen MR) is 86.6 cm³/mol. The van der Waals surface area contributed by atoms with E-state index in [1.54, 1.807) is 6.92 Å². The second-order valence-electron chi connectivity index (χ2n) is 6.45. The number of benzene rings is 1. The van der Waals surface area contributed by atoms with Crippen molar-refractivity contribution >= 4 is 5.91 Å². The lowest BCUT2D eigenvalue weighted by atomic mass is 9.97. The van der Waals surface area contributed by atoms with Gasteiger partial charge in [-0.2, -0.15) is 0 Å². The summed E-state index contributed by atoms with van der Waals surface area (Å²) in [5, 5.41) is 0. The summed E-state index contributed by atoms with van der Waals surface area (Å²) in [7, 11) is 0. The molecule has 0 unspecified atom stereocenters. The minimum atomic E-state index is 0.180. The zero-order valence-electron chi connectivity index (χ0n) is 13.4. The molecule has 1 amide bonds. The van der Waals surface area contributed by atoms with Crippen LogP contribution in [0.4, 0.5) is 0 Å². The number of ether oxygens (including phenoxy) is 1. The van der Waals surface area contributed by atoms with E-state index >= 15 is 0 Å². The van der Waals surface area contributed by atoms with E-state index in [0.29, 0.717) is 0 Å². The van der Waals surface area contributed by atoms with Gasteiger partial charge in [0.2, 0.25) is 5.91 Å². The number of amides is 1. The minimum Gasteiger partial charge on any atom is -0.381 e. The summed E-state index contributed by atoms with van der Waals surface area (Å²) in [6.45, 7) is 7.39. The molecular weight excluding hydrogens is 276 g/mol. The fourth-order valence-electron chi connectivity index (χ4n) is 3.64. The lowest BCUT2D eigenvalue weighted by Gasteiger charge is -2.42. The Kier molecular flexibility index (Phi) is 5.11. The average molecular weight is 302 g/mol. The molecule has 2 fully saturated rings. The number of piperazine rings is 1. The van der Waals surface area contributed by atoms with Gasteiger partial charge < -0.3 is 9.64 Å². The Hall–Kier alpha value is -1.39. The molecule has 2 aliphatic rings. The molecule has 0 N–H and O–H groups in total. The average Bonchev–Trinajstić information content (AvgIpc) is 2.56. The molecule has 2 aliphatic heterocycles. The molecule has 0 spiro atoms. The Morgan fingerprint density at radius 2 is 1.91 bits per heavy atom. The van der Waals surface area contributed by atoms with Gasteiger partial charge in [0.05, 0.1) is 6.04 Å². The molecule has 3 rings (SSSR count). The van der Waals surface area contributed by atoms with Crippen LogP contribution in [0.2, 0.25) is 0 Å². The SMILES string of the molecule is CC(=O)N1CCN(CC2CCOCC2)C[C@@H]1c1ccccc1. The fraction of sp³-hybridized carbons (Fsp3) is 0.611. The lowest BCUT2D eigenvalue weighted by molar-refractivity contribution is -0.134. The molecule has 1 atom stereocenters. The van der Waals surface area contributed by atoms with Crippen LogP contribution in [0.15, 0.2) is 30.3 Å². The molecule has 0 radical (unpaired) electrons. The van der Waals surface area contributed by atoms with Crippen LogP contribution in [0.25, 0.3) is 0 Å². The van der Waals surface area contributed by atoms with Crippen LogP contribution in [0.3, 0.4) is 0 Å². The van der Waals surface area contributed by atoms with Gasteiger partial charge in [0, 0.05) is 46.3 Å². The van der Waals surface area contributed by atoms with Crippen molar-refractivity contribution in [2.75, 3.05) is 39.4 Å². The Bertz CT molecular complexity index is 485. The Labute approximate surface area is 133 Å². The van der Waals surface area contributed by atoms with Crippen molar-refractivity contribution in [3.8, 4) is 0 Å². The van der Waals surface area contributed by atoms with E-state index < -0.39 is 0 Å². The fourth-order valence-corrected chi connectivity index (χ4v) is 3.64. The highest BCUT2D eigenvalue weighted by Gasteiger charge is 2.30. The molecule has 0 saturated carbocycles. The van der Waals surface area contributed by atoms with Crippen LogP contribution in [-0.4, -0.2) is 55.1 Å². The van der Waals surface area contributed by atoms with Crippen LogP contribution in [0.1, 0.15) is 31.4 Å². The van der Waals surface area contributed by atoms with E-state index in [0.717, 1.165) is 45.3 Å². The molecule has 0 bridgehead atoms. The molecule has 1 aromatic rings. The number of carbonyl (C=O) groups is 1. The van der Waals surface area contributed by atoms with Crippen molar-refractivity contribution < 1.29 is 9.53 Å². The maximum atomic E-state index is 12.0. The normalized spacial score (nSPS) is 24.4. The first kappa shape index (κ1) is 15.5. The number of rotatable bonds is 3. The summed E-state index contributed by atoms with van der Waals surface area (Å²) in [6, 6.07) is 10.6. The molecule has 120 valence electrons. The van der Waals surface area contributed by atoms with Crippen molar-refractivity contribution in [2.24, 2.45) is 5.92 Å². The number of hydrogen-bond acceptors (Lipinski definition) is 3. The summed E-state index contributed by atoms with van der Waals surface area (Å²) >= 11 is 0. The Balaban J connectivity index is 1.68.